The molecule has 0 aliphatic carbocycles. The Bertz CT molecular complexity index is 641. The van der Waals surface area contributed by atoms with Crippen molar-refractivity contribution in [2.45, 2.75) is 19.9 Å². The lowest BCUT2D eigenvalue weighted by Crippen LogP contribution is -2.30. The Balaban J connectivity index is 2.58. The van der Waals surface area contributed by atoms with Gasteiger partial charge in [-0.15, -0.1) is 0 Å². The fourth-order valence-electron chi connectivity index (χ4n) is 2.17. The van der Waals surface area contributed by atoms with Gasteiger partial charge in [0.15, 0.2) is 0 Å². The molecule has 20 heavy (non-hydrogen) atoms. The number of rotatable bonds is 3. The molecule has 0 radical (unpaired) electrons. The third kappa shape index (κ3) is 2.69. The maximum atomic E-state index is 14.0. The molecule has 1 atom stereocenters. The second-order valence-electron chi connectivity index (χ2n) is 4.72. The van der Waals surface area contributed by atoms with Gasteiger partial charge in [0.05, 0.1) is 6.04 Å². The molecule has 2 rings (SSSR count). The van der Waals surface area contributed by atoms with E-state index in [4.69, 9.17) is 5.84 Å². The molecular formula is C15H15F3N2. The van der Waals surface area contributed by atoms with Crippen LogP contribution in [0.5, 0.6) is 0 Å². The minimum absolute atomic E-state index is 0.181. The molecule has 2 aromatic rings. The second-order valence-corrected chi connectivity index (χ2v) is 4.72. The fraction of sp³-hybridized carbons (Fsp3) is 0.200. The Labute approximate surface area is 115 Å². The van der Waals surface area contributed by atoms with Gasteiger partial charge < -0.3 is 0 Å². The molecule has 2 nitrogen and oxygen atoms in total. The molecular weight excluding hydrogens is 265 g/mol. The van der Waals surface area contributed by atoms with Crippen molar-refractivity contribution in [2.24, 2.45) is 5.84 Å². The monoisotopic (exact) mass is 280 g/mol. The topological polar surface area (TPSA) is 38.0 Å². The van der Waals surface area contributed by atoms with E-state index in [1.54, 1.807) is 13.0 Å². The van der Waals surface area contributed by atoms with Crippen LogP contribution in [0.1, 0.15) is 28.3 Å². The van der Waals surface area contributed by atoms with Crippen molar-refractivity contribution in [3.63, 3.8) is 0 Å². The summed E-state index contributed by atoms with van der Waals surface area (Å²) in [4.78, 5) is 0. The first kappa shape index (κ1) is 14.6. The van der Waals surface area contributed by atoms with E-state index in [2.05, 4.69) is 5.43 Å². The van der Waals surface area contributed by atoms with E-state index in [-0.39, 0.29) is 5.56 Å². The van der Waals surface area contributed by atoms with Crippen LogP contribution in [0, 0.1) is 31.3 Å². The largest absolute Gasteiger partial charge is 0.271 e. The van der Waals surface area contributed by atoms with Gasteiger partial charge in [-0.05, 0) is 48.7 Å². The molecule has 0 fully saturated rings. The van der Waals surface area contributed by atoms with E-state index >= 15 is 0 Å². The molecule has 0 saturated heterocycles. The summed E-state index contributed by atoms with van der Waals surface area (Å²) in [5, 5.41) is 0. The van der Waals surface area contributed by atoms with Gasteiger partial charge >= 0.3 is 0 Å². The minimum atomic E-state index is -0.745. The second kappa shape index (κ2) is 5.64. The molecule has 0 aromatic heterocycles. The Kier molecular flexibility index (Phi) is 4.11. The zero-order valence-electron chi connectivity index (χ0n) is 11.2. The molecule has 0 saturated carbocycles. The molecule has 2 aromatic carbocycles. The first-order valence-corrected chi connectivity index (χ1v) is 6.11. The van der Waals surface area contributed by atoms with Crippen LogP contribution >= 0.6 is 0 Å². The van der Waals surface area contributed by atoms with Crippen LogP contribution in [0.15, 0.2) is 30.3 Å². The van der Waals surface area contributed by atoms with E-state index in [0.717, 1.165) is 11.6 Å². The Morgan fingerprint density at radius 1 is 0.900 bits per heavy atom. The number of benzene rings is 2. The standard InChI is InChI=1S/C15H15F3N2/c1-8-3-4-10(16)6-11(8)15(20-19)12-5-9(2)13(17)7-14(12)18/h3-7,15,20H,19H2,1-2H3. The zero-order chi connectivity index (χ0) is 14.9. The quantitative estimate of drug-likeness (QED) is 0.669. The molecule has 0 heterocycles. The number of aryl methyl sites for hydroxylation is 2. The van der Waals surface area contributed by atoms with Crippen molar-refractivity contribution < 1.29 is 13.2 Å². The molecule has 0 spiro atoms. The smallest absolute Gasteiger partial charge is 0.131 e. The number of hydrogen-bond acceptors (Lipinski definition) is 2. The van der Waals surface area contributed by atoms with Crippen LogP contribution in [0.3, 0.4) is 0 Å². The van der Waals surface area contributed by atoms with Crippen molar-refractivity contribution in [3.05, 3.63) is 70.0 Å². The molecule has 106 valence electrons. The molecule has 3 N–H and O–H groups in total. The maximum absolute atomic E-state index is 14.0. The van der Waals surface area contributed by atoms with Crippen LogP contribution in [0.25, 0.3) is 0 Å². The Morgan fingerprint density at radius 2 is 1.60 bits per heavy atom. The summed E-state index contributed by atoms with van der Waals surface area (Å²) >= 11 is 0. The summed E-state index contributed by atoms with van der Waals surface area (Å²) in [6.07, 6.45) is 0. The predicted octanol–water partition coefficient (Wildman–Crippen LogP) is 3.27. The van der Waals surface area contributed by atoms with E-state index in [1.165, 1.54) is 25.1 Å². The average Bonchev–Trinajstić information content (AvgIpc) is 2.40. The lowest BCUT2D eigenvalue weighted by atomic mass is 9.94. The predicted molar refractivity (Wildman–Crippen MR) is 71.4 cm³/mol. The number of halogens is 3. The van der Waals surface area contributed by atoms with E-state index in [1.807, 2.05) is 0 Å². The summed E-state index contributed by atoms with van der Waals surface area (Å²) in [5.41, 5.74) is 4.21. The Morgan fingerprint density at radius 3 is 2.25 bits per heavy atom. The van der Waals surface area contributed by atoms with Crippen molar-refractivity contribution in [3.8, 4) is 0 Å². The number of nitrogens with two attached hydrogens (primary N) is 1. The lowest BCUT2D eigenvalue weighted by Gasteiger charge is -2.20. The molecule has 5 heteroatoms. The number of hydrogen-bond donors (Lipinski definition) is 2. The molecule has 0 aliphatic rings. The highest BCUT2D eigenvalue weighted by atomic mass is 19.1. The van der Waals surface area contributed by atoms with Crippen LogP contribution in [-0.2, 0) is 0 Å². The van der Waals surface area contributed by atoms with Gasteiger partial charge in [-0.3, -0.25) is 5.84 Å². The first-order chi connectivity index (χ1) is 9.43. The van der Waals surface area contributed by atoms with Crippen LogP contribution in [0.2, 0.25) is 0 Å². The van der Waals surface area contributed by atoms with E-state index in [0.29, 0.717) is 11.1 Å². The summed E-state index contributed by atoms with van der Waals surface area (Å²) in [5.74, 6) is 3.69. The fourth-order valence-corrected chi connectivity index (χ4v) is 2.17. The van der Waals surface area contributed by atoms with E-state index in [9.17, 15) is 13.2 Å². The van der Waals surface area contributed by atoms with Crippen molar-refractivity contribution in [2.75, 3.05) is 0 Å². The van der Waals surface area contributed by atoms with Crippen LogP contribution < -0.4 is 11.3 Å². The first-order valence-electron chi connectivity index (χ1n) is 6.11. The van der Waals surface area contributed by atoms with Crippen LogP contribution in [0.4, 0.5) is 13.2 Å². The average molecular weight is 280 g/mol. The normalized spacial score (nSPS) is 12.5. The van der Waals surface area contributed by atoms with Gasteiger partial charge in [-0.25, -0.2) is 18.6 Å². The zero-order valence-corrected chi connectivity index (χ0v) is 11.2. The number of hydrazine groups is 1. The highest BCUT2D eigenvalue weighted by molar-refractivity contribution is 5.39. The van der Waals surface area contributed by atoms with Crippen molar-refractivity contribution in [1.29, 1.82) is 0 Å². The lowest BCUT2D eigenvalue weighted by molar-refractivity contribution is 0.535. The highest BCUT2D eigenvalue weighted by Crippen LogP contribution is 2.28. The summed E-state index contributed by atoms with van der Waals surface area (Å²) in [6, 6.07) is 5.63. The van der Waals surface area contributed by atoms with Gasteiger partial charge in [0.2, 0.25) is 0 Å². The highest BCUT2D eigenvalue weighted by Gasteiger charge is 2.20. The van der Waals surface area contributed by atoms with E-state index < -0.39 is 23.5 Å². The van der Waals surface area contributed by atoms with Gasteiger partial charge in [0.25, 0.3) is 0 Å². The van der Waals surface area contributed by atoms with Crippen LogP contribution in [-0.4, -0.2) is 0 Å². The summed E-state index contributed by atoms with van der Waals surface area (Å²) < 4.78 is 40.7. The molecule has 0 aliphatic heterocycles. The summed E-state index contributed by atoms with van der Waals surface area (Å²) in [7, 11) is 0. The number of nitrogens with one attached hydrogen (secondary N) is 1. The maximum Gasteiger partial charge on any atom is 0.131 e. The third-order valence-corrected chi connectivity index (χ3v) is 3.31. The summed E-state index contributed by atoms with van der Waals surface area (Å²) in [6.45, 7) is 3.30. The molecule has 0 bridgehead atoms. The SMILES string of the molecule is Cc1cc(C(NN)c2cc(F)ccc2C)c(F)cc1F. The molecule has 0 amide bonds. The van der Waals surface area contributed by atoms with Gasteiger partial charge in [-0.2, -0.15) is 0 Å². The van der Waals surface area contributed by atoms with Gasteiger partial charge in [0, 0.05) is 11.6 Å². The minimum Gasteiger partial charge on any atom is -0.271 e. The Hall–Kier alpha value is -1.85. The van der Waals surface area contributed by atoms with Gasteiger partial charge in [-0.1, -0.05) is 6.07 Å². The van der Waals surface area contributed by atoms with Crippen molar-refractivity contribution >= 4 is 0 Å². The molecule has 1 unspecified atom stereocenters. The van der Waals surface area contributed by atoms with Gasteiger partial charge in [0.1, 0.15) is 17.5 Å². The van der Waals surface area contributed by atoms with Crippen molar-refractivity contribution in [1.82, 2.24) is 5.43 Å². The third-order valence-electron chi connectivity index (χ3n) is 3.31.